The molecule has 1 aromatic carbocycles. The Kier molecular flexibility index (Phi) is 7.10. The molecule has 0 aromatic heterocycles. The first-order chi connectivity index (χ1) is 11.0. The smallest absolute Gasteiger partial charge is 0.342 e. The van der Waals surface area contributed by atoms with Crippen LogP contribution in [0.3, 0.4) is 0 Å². The van der Waals surface area contributed by atoms with Crippen LogP contribution in [-0.4, -0.2) is 23.7 Å². The first kappa shape index (κ1) is 18.9. The Bertz CT molecular complexity index is 559. The first-order valence-electron chi connectivity index (χ1n) is 7.49. The van der Waals surface area contributed by atoms with Gasteiger partial charge in [-0.25, -0.2) is 4.79 Å². The van der Waals surface area contributed by atoms with Crippen molar-refractivity contribution in [1.29, 1.82) is 0 Å². The van der Waals surface area contributed by atoms with Gasteiger partial charge in [0.05, 0.1) is 3.57 Å². The van der Waals surface area contributed by atoms with Gasteiger partial charge in [-0.05, 0) is 66.8 Å². The van der Waals surface area contributed by atoms with E-state index in [1.165, 1.54) is 0 Å². The van der Waals surface area contributed by atoms with Crippen molar-refractivity contribution in [2.24, 2.45) is 0 Å². The second-order valence-electron chi connectivity index (χ2n) is 5.42. The van der Waals surface area contributed by atoms with Gasteiger partial charge in [0.25, 0.3) is 0 Å². The van der Waals surface area contributed by atoms with Crippen molar-refractivity contribution >= 4 is 51.8 Å². The van der Waals surface area contributed by atoms with Crippen LogP contribution in [0, 0.1) is 3.57 Å². The van der Waals surface area contributed by atoms with Gasteiger partial charge in [-0.1, -0.05) is 30.1 Å². The van der Waals surface area contributed by atoms with Gasteiger partial charge >= 0.3 is 5.97 Å². The maximum absolute atomic E-state index is 12.7. The molecule has 0 amide bonds. The average molecular weight is 473 g/mol. The van der Waals surface area contributed by atoms with E-state index < -0.39 is 5.97 Å². The summed E-state index contributed by atoms with van der Waals surface area (Å²) in [6.07, 6.45) is 4.77. The number of rotatable bonds is 7. The first-order valence-corrected chi connectivity index (χ1v) is 9.64. The summed E-state index contributed by atoms with van der Waals surface area (Å²) in [6.45, 7) is 2.05. The number of carbonyl (C=O) groups excluding carboxylic acids is 1. The van der Waals surface area contributed by atoms with Gasteiger partial charge in [-0.3, -0.25) is 0 Å². The zero-order valence-corrected chi connectivity index (χ0v) is 16.5. The second kappa shape index (κ2) is 8.62. The quantitative estimate of drug-likeness (QED) is 0.306. The lowest BCUT2D eigenvalue weighted by molar-refractivity contribution is -0.0175. The maximum atomic E-state index is 12.7. The highest BCUT2D eigenvalue weighted by atomic mass is 127. The Morgan fingerprint density at radius 2 is 1.87 bits per heavy atom. The number of halogens is 3. The van der Waals surface area contributed by atoms with Crippen molar-refractivity contribution in [2.75, 3.05) is 12.1 Å². The summed E-state index contributed by atoms with van der Waals surface area (Å²) in [5.41, 5.74) is -0.0539. The van der Waals surface area contributed by atoms with Gasteiger partial charge in [0.15, 0.2) is 12.1 Å². The van der Waals surface area contributed by atoms with Crippen molar-refractivity contribution in [3.63, 3.8) is 0 Å². The third kappa shape index (κ3) is 4.57. The minimum Gasteiger partial charge on any atom is -0.478 e. The minimum atomic E-state index is -0.410. The van der Waals surface area contributed by atoms with Gasteiger partial charge in [0, 0.05) is 0 Å². The number of esters is 1. The molecule has 23 heavy (non-hydrogen) atoms. The van der Waals surface area contributed by atoms with Gasteiger partial charge < -0.3 is 14.2 Å². The molecular weight excluding hydrogens is 454 g/mol. The van der Waals surface area contributed by atoms with Crippen LogP contribution in [0.1, 0.15) is 49.4 Å². The van der Waals surface area contributed by atoms with Gasteiger partial charge in [-0.2, -0.15) is 0 Å². The largest absolute Gasteiger partial charge is 0.478 e. The predicted octanol–water partition coefficient (Wildman–Crippen LogP) is 5.32. The number of benzene rings is 1. The lowest BCUT2D eigenvalue weighted by atomic mass is 9.98. The Morgan fingerprint density at radius 3 is 2.43 bits per heavy atom. The van der Waals surface area contributed by atoms with Crippen molar-refractivity contribution in [1.82, 2.24) is 0 Å². The molecule has 0 aliphatic heterocycles. The lowest BCUT2D eigenvalue weighted by Gasteiger charge is -2.28. The van der Waals surface area contributed by atoms with E-state index in [-0.39, 0.29) is 17.7 Å². The molecule has 0 heterocycles. The normalized spacial score (nSPS) is 16.2. The zero-order chi connectivity index (χ0) is 16.9. The molecule has 7 heteroatoms. The van der Waals surface area contributed by atoms with Crippen molar-refractivity contribution in [3.05, 3.63) is 21.3 Å². The SMILES string of the molecule is CCC1(OC(=O)c2cc(OCCl)cc(I)c2OCCl)CCCC1. The summed E-state index contributed by atoms with van der Waals surface area (Å²) in [5, 5.41) is 0. The van der Waals surface area contributed by atoms with Crippen molar-refractivity contribution in [2.45, 2.75) is 44.6 Å². The summed E-state index contributed by atoms with van der Waals surface area (Å²) < 4.78 is 17.3. The molecule has 0 radical (unpaired) electrons. The van der Waals surface area contributed by atoms with Crippen LogP contribution in [0.4, 0.5) is 0 Å². The Morgan fingerprint density at radius 1 is 1.22 bits per heavy atom. The third-order valence-corrected chi connectivity index (χ3v) is 5.14. The monoisotopic (exact) mass is 472 g/mol. The van der Waals surface area contributed by atoms with Gasteiger partial charge in [0.1, 0.15) is 22.7 Å². The van der Waals surface area contributed by atoms with E-state index in [1.54, 1.807) is 12.1 Å². The summed E-state index contributed by atoms with van der Waals surface area (Å²) >= 11 is 13.4. The van der Waals surface area contributed by atoms with E-state index in [0.717, 1.165) is 35.7 Å². The molecule has 0 unspecified atom stereocenters. The zero-order valence-electron chi connectivity index (χ0n) is 12.9. The van der Waals surface area contributed by atoms with Crippen LogP contribution >= 0.6 is 45.8 Å². The molecular formula is C16H19Cl2IO4. The average Bonchev–Trinajstić information content (AvgIpc) is 2.99. The van der Waals surface area contributed by atoms with Gasteiger partial charge in [-0.15, -0.1) is 0 Å². The fourth-order valence-corrected chi connectivity index (χ4v) is 3.85. The minimum absolute atomic E-state index is 0.000818. The molecule has 0 N–H and O–H groups in total. The molecule has 128 valence electrons. The van der Waals surface area contributed by atoms with E-state index >= 15 is 0 Å². The second-order valence-corrected chi connectivity index (χ2v) is 7.02. The highest BCUT2D eigenvalue weighted by molar-refractivity contribution is 14.1. The third-order valence-electron chi connectivity index (χ3n) is 4.13. The number of hydrogen-bond donors (Lipinski definition) is 0. The van der Waals surface area contributed by atoms with E-state index in [0.29, 0.717) is 17.1 Å². The van der Waals surface area contributed by atoms with Crippen molar-refractivity contribution < 1.29 is 19.0 Å². The highest BCUT2D eigenvalue weighted by Crippen LogP contribution is 2.38. The predicted molar refractivity (Wildman–Crippen MR) is 98.8 cm³/mol. The van der Waals surface area contributed by atoms with Crippen molar-refractivity contribution in [3.8, 4) is 11.5 Å². The van der Waals surface area contributed by atoms with E-state index in [1.807, 2.05) is 6.92 Å². The Labute approximate surface area is 159 Å². The summed E-state index contributed by atoms with van der Waals surface area (Å²) in [5.74, 6) is 0.499. The summed E-state index contributed by atoms with van der Waals surface area (Å²) in [4.78, 5) is 12.7. The van der Waals surface area contributed by atoms with Gasteiger partial charge in [0.2, 0.25) is 0 Å². The van der Waals surface area contributed by atoms with Crippen LogP contribution in [0.15, 0.2) is 12.1 Å². The molecule has 0 bridgehead atoms. The van der Waals surface area contributed by atoms with Crippen LogP contribution in [0.5, 0.6) is 11.5 Å². The highest BCUT2D eigenvalue weighted by Gasteiger charge is 2.37. The molecule has 0 atom stereocenters. The van der Waals surface area contributed by atoms with E-state index in [9.17, 15) is 4.79 Å². The molecule has 4 nitrogen and oxygen atoms in total. The summed E-state index contributed by atoms with van der Waals surface area (Å²) in [7, 11) is 0. The van der Waals surface area contributed by atoms with Crippen LogP contribution < -0.4 is 9.47 Å². The topological polar surface area (TPSA) is 44.8 Å². The lowest BCUT2D eigenvalue weighted by Crippen LogP contribution is -2.31. The summed E-state index contributed by atoms with van der Waals surface area (Å²) in [6, 6.07) is 3.28. The molecule has 2 rings (SSSR count). The fraction of sp³-hybridized carbons (Fsp3) is 0.562. The molecule has 1 saturated carbocycles. The molecule has 1 fully saturated rings. The fourth-order valence-electron chi connectivity index (χ4n) is 2.87. The number of carbonyl (C=O) groups is 1. The number of alkyl halides is 2. The molecule has 0 spiro atoms. The Balaban J connectivity index is 2.32. The maximum Gasteiger partial charge on any atom is 0.342 e. The molecule has 1 aliphatic rings. The molecule has 1 aliphatic carbocycles. The van der Waals surface area contributed by atoms with E-state index in [4.69, 9.17) is 37.4 Å². The van der Waals surface area contributed by atoms with E-state index in [2.05, 4.69) is 22.6 Å². The van der Waals surface area contributed by atoms with Crippen LogP contribution in [0.25, 0.3) is 0 Å². The van der Waals surface area contributed by atoms with Crippen LogP contribution in [0.2, 0.25) is 0 Å². The standard InChI is InChI=1S/C16H19Cl2IO4/c1-2-16(5-3-4-6-16)23-15(20)12-7-11(21-9-17)8-13(19)14(12)22-10-18/h7-8H,2-6,9-10H2,1H3. The number of hydrogen-bond acceptors (Lipinski definition) is 4. The molecule has 0 saturated heterocycles. The molecule has 1 aromatic rings. The number of ether oxygens (including phenoxy) is 3. The Hall–Kier alpha value is -0.400. The van der Waals surface area contributed by atoms with Crippen LogP contribution in [-0.2, 0) is 4.74 Å².